The number of aliphatic hydroxyl groups excluding tert-OH is 2. The predicted molar refractivity (Wildman–Crippen MR) is 517 cm³/mol. The van der Waals surface area contributed by atoms with Gasteiger partial charge in [-0.1, -0.05) is 130 Å². The number of aromatic nitrogens is 2. The van der Waals surface area contributed by atoms with Crippen molar-refractivity contribution >= 4 is 112 Å². The third-order valence-electron chi connectivity index (χ3n) is 23.8. The van der Waals surface area contributed by atoms with Gasteiger partial charge in [0.15, 0.2) is 46.6 Å². The molecule has 0 aliphatic rings. The van der Waals surface area contributed by atoms with Gasteiger partial charge in [-0.05, 0) is 177 Å². The number of guanidine groups is 2. The predicted octanol–water partition coefficient (Wildman–Crippen LogP) is 4.90. The van der Waals surface area contributed by atoms with Crippen molar-refractivity contribution in [3.8, 4) is 5.75 Å². The van der Waals surface area contributed by atoms with E-state index in [1.54, 1.807) is 6.26 Å². The number of aliphatic carboxylic acids is 1. The van der Waals surface area contributed by atoms with E-state index in [2.05, 4.69) is 64.1 Å². The number of nitrogens with two attached hydrogens (primary N) is 8. The number of aliphatic hydroxyl groups is 2. The molecule has 8 amide bonds. The van der Waals surface area contributed by atoms with E-state index in [0.29, 0.717) is 62.9 Å². The smallest absolute Gasteiger partial charge is 0.305 e. The number of aromatic hydroxyl groups is 1. The van der Waals surface area contributed by atoms with Gasteiger partial charge in [-0.25, -0.2) is 4.98 Å². The van der Waals surface area contributed by atoms with Crippen LogP contribution in [0.2, 0.25) is 0 Å². The van der Waals surface area contributed by atoms with Crippen molar-refractivity contribution < 1.29 is 92.3 Å². The minimum absolute atomic E-state index is 0.00355. The van der Waals surface area contributed by atoms with E-state index in [1.807, 2.05) is 27.7 Å². The number of phenolic OH excluding ortho intramolecular Hbond substituents is 1. The Morgan fingerprint density at radius 3 is 1.32 bits per heavy atom. The second-order valence-electron chi connectivity index (χ2n) is 36.5. The van der Waals surface area contributed by atoms with E-state index < -0.39 is 205 Å². The van der Waals surface area contributed by atoms with Gasteiger partial charge >= 0.3 is 5.97 Å². The fraction of sp³-hybridized carbons (Fsp3) is 0.726. The first-order valence-corrected chi connectivity index (χ1v) is 49.7. The molecule has 39 heteroatoms. The number of aliphatic imine (C=N–C) groups is 2. The van der Waals surface area contributed by atoms with Crippen molar-refractivity contribution in [2.75, 3.05) is 51.3 Å². The maximum atomic E-state index is 15.0. The number of carbonyl (C=O) groups is 15. The number of hydrogen-bond donors (Lipinski definition) is 20. The Hall–Kier alpha value is -9.83. The summed E-state index contributed by atoms with van der Waals surface area (Å²) >= 11 is 1.27. The highest BCUT2D eigenvalue weighted by atomic mass is 32.2. The monoisotopic (exact) mass is 1910 g/mol. The number of ketones is 6. The number of primary amides is 1. The summed E-state index contributed by atoms with van der Waals surface area (Å²) in [5.41, 5.74) is 46.9. The van der Waals surface area contributed by atoms with Gasteiger partial charge in [0.25, 0.3) is 0 Å². The Balaban J connectivity index is 2.51. The number of thioether (sulfide) groups is 1. The Morgan fingerprint density at radius 2 is 0.836 bits per heavy atom. The molecule has 0 radical (unpaired) electrons. The topological polar surface area (TPSA) is 683 Å². The van der Waals surface area contributed by atoms with Gasteiger partial charge in [0, 0.05) is 94.1 Å². The van der Waals surface area contributed by atoms with Gasteiger partial charge in [0.2, 0.25) is 47.3 Å². The lowest BCUT2D eigenvalue weighted by molar-refractivity contribution is -0.142. The molecule has 0 aliphatic carbocycles. The molecule has 0 saturated heterocycles. The molecule has 2 aromatic rings. The summed E-state index contributed by atoms with van der Waals surface area (Å²) in [6.07, 6.45) is 16.3. The number of rotatable bonds is 81. The van der Waals surface area contributed by atoms with E-state index in [9.17, 15) is 87.5 Å². The second-order valence-corrected chi connectivity index (χ2v) is 37.4. The molecule has 0 unspecified atom stereocenters. The number of H-pyrrole nitrogens is 1. The first-order chi connectivity index (χ1) is 63.8. The first-order valence-electron chi connectivity index (χ1n) is 48.3. The minimum atomic E-state index is -1.92. The third kappa shape index (κ3) is 52.3. The molecule has 28 N–H and O–H groups in total. The summed E-state index contributed by atoms with van der Waals surface area (Å²) in [6, 6.07) is -3.77. The lowest BCUT2D eigenvalue weighted by atomic mass is 9.87. The Morgan fingerprint density at radius 1 is 0.425 bits per heavy atom. The minimum Gasteiger partial charge on any atom is -0.508 e. The summed E-state index contributed by atoms with van der Waals surface area (Å²) in [4.78, 5) is 229. The number of nitrogens with zero attached hydrogens (tertiary/aromatic N) is 3. The summed E-state index contributed by atoms with van der Waals surface area (Å²) < 4.78 is 0. The van der Waals surface area contributed by atoms with Crippen LogP contribution in [-0.2, 0) is 84.8 Å². The van der Waals surface area contributed by atoms with Gasteiger partial charge in [0.05, 0.1) is 79.5 Å². The molecule has 0 saturated carbocycles. The number of nitrogens with one attached hydrogen (secondary N) is 8. The number of benzene rings is 1. The SMILES string of the molecule is CCCCCCCCCCCCCCCC(=O)N[C@@H](CCCCN)C(=O)N[C@@H](CCCCN)C(=O)C[C@@H](CC(C)C)C(=O)N[C@@H](CCCN=C(N)N)C(=O)C[C@@H](CO)C(=O)N[C@@H](CCSC)C(=O)C[C@H](C(=O)N[C@@H](CC(=O)O)C(=O)C[C@@H](CCCCN)C(=O)N[C@H](Cc1ccc(O)cc1)C(=O)C[C@@H](CCCN=C(N)N)C(=O)N[C@@H](CC(C)C)C(=O)C[C@@H](Cc1cnc[nH]1)C(N)=O)[C@@H](C)O. The highest BCUT2D eigenvalue weighted by Crippen LogP contribution is 2.27. The Bertz CT molecular complexity index is 3920. The number of phenols is 1. The lowest BCUT2D eigenvalue weighted by Gasteiger charge is -2.27. The molecule has 0 bridgehead atoms. The van der Waals surface area contributed by atoms with Crippen molar-refractivity contribution in [1.82, 2.24) is 47.2 Å². The van der Waals surface area contributed by atoms with Crippen LogP contribution in [0.15, 0.2) is 46.8 Å². The number of aromatic amines is 1. The van der Waals surface area contributed by atoms with Gasteiger partial charge in [-0.3, -0.25) is 81.9 Å². The van der Waals surface area contributed by atoms with Crippen LogP contribution in [0.4, 0.5) is 0 Å². The van der Waals surface area contributed by atoms with Crippen LogP contribution < -0.4 is 83.1 Å². The maximum absolute atomic E-state index is 15.0. The molecule has 1 aromatic heterocycles. The summed E-state index contributed by atoms with van der Waals surface area (Å²) in [5.74, 6) is -20.7. The van der Waals surface area contributed by atoms with Crippen LogP contribution in [0.25, 0.3) is 0 Å². The lowest BCUT2D eigenvalue weighted by Crippen LogP contribution is -2.52. The summed E-state index contributed by atoms with van der Waals surface area (Å²) in [7, 11) is 0. The molecule has 1 aromatic carbocycles. The number of hydrogen-bond acceptors (Lipinski definition) is 25. The molecule has 134 heavy (non-hydrogen) atoms. The molecule has 758 valence electrons. The molecule has 0 aliphatic heterocycles. The van der Waals surface area contributed by atoms with Crippen LogP contribution in [-0.4, -0.2) is 230 Å². The van der Waals surface area contributed by atoms with Gasteiger partial charge < -0.3 is 108 Å². The molecule has 0 fully saturated rings. The van der Waals surface area contributed by atoms with E-state index >= 15 is 4.79 Å². The van der Waals surface area contributed by atoms with Crippen molar-refractivity contribution in [3.05, 3.63) is 48.0 Å². The van der Waals surface area contributed by atoms with E-state index in [1.165, 1.54) is 99.9 Å². The zero-order valence-corrected chi connectivity index (χ0v) is 81.3. The third-order valence-corrected chi connectivity index (χ3v) is 24.4. The van der Waals surface area contributed by atoms with Crippen molar-refractivity contribution in [2.24, 2.45) is 103 Å². The largest absolute Gasteiger partial charge is 0.508 e. The number of carboxylic acid groups (broad SMARTS) is 1. The van der Waals surface area contributed by atoms with Gasteiger partial charge in [-0.2, -0.15) is 11.8 Å². The van der Waals surface area contributed by atoms with E-state index in [-0.39, 0.29) is 164 Å². The normalized spacial score (nSPS) is 14.6. The van der Waals surface area contributed by atoms with Crippen molar-refractivity contribution in [3.63, 3.8) is 0 Å². The van der Waals surface area contributed by atoms with Crippen LogP contribution in [0.5, 0.6) is 5.75 Å². The number of carboxylic acids is 1. The zero-order valence-electron chi connectivity index (χ0n) is 80.5. The Labute approximate surface area is 795 Å². The summed E-state index contributed by atoms with van der Waals surface area (Å²) in [5, 5.41) is 61.8. The number of carbonyl (C=O) groups excluding carboxylic acids is 14. The highest BCUT2D eigenvalue weighted by molar-refractivity contribution is 7.98. The average Bonchev–Trinajstić information content (AvgIpc) is 0.943. The highest BCUT2D eigenvalue weighted by Gasteiger charge is 2.40. The van der Waals surface area contributed by atoms with E-state index in [0.717, 1.165) is 32.6 Å². The molecule has 1 heterocycles. The van der Waals surface area contributed by atoms with Crippen molar-refractivity contribution in [1.29, 1.82) is 0 Å². The standard InChI is InChI=1S/C95H163N19O19S/c1-8-9-10-11-12-13-14-15-16-17-18-19-20-34-85(124)108-75(32-23-26-42-98)93(133)111-72(31-22-25-41-97)79(118)53-67(46-60(2)3)90(130)109-73(33-28-44-106-95(102)103)80(119)54-68(58-115)91(131)110-74(39-45-134-7)84(123)55-71(62(6)116)92(132)114-78(56-86(125)126)82(121)50-64(29-21-24-40-96)88(128)113-77(48-63-35-37-70(117)38-36-63)81(120)51-65(30-27-43-105-94(100)101)89(129)112-76(47-61(4)5)83(122)52-66(87(99)127)49-69-57-104-59-107-69/h35-38,57,59-62,64-68,71-78,115-117H,8-34,39-56,58,96-98H2,1-7H3,(H2,99,127)(H,104,107)(H,108,124)(H,109,130)(H,110,131)(H,111,133)(H,112,129)(H,113,128)(H,114,132)(H,125,126)(H4,100,101,105)(H4,102,103,106)/t62-,64-,65-,66-,67-,68+,71+,72+,73+,74+,75+,76+,77-,78+/m1/s1. The van der Waals surface area contributed by atoms with E-state index in [4.69, 9.17) is 45.9 Å². The molecule has 14 atom stereocenters. The number of amides is 8. The molecular weight excluding hydrogens is 1740 g/mol. The molecule has 38 nitrogen and oxygen atoms in total. The van der Waals surface area contributed by atoms with Crippen LogP contribution >= 0.6 is 11.8 Å². The van der Waals surface area contributed by atoms with Crippen LogP contribution in [0, 0.1) is 47.3 Å². The fourth-order valence-corrected chi connectivity index (χ4v) is 16.5. The molecular formula is C95H163N19O19S. The quantitative estimate of drug-likeness (QED) is 0.0238. The van der Waals surface area contributed by atoms with Gasteiger partial charge in [0.1, 0.15) is 11.8 Å². The van der Waals surface area contributed by atoms with Gasteiger partial charge in [-0.15, -0.1) is 0 Å². The van der Waals surface area contributed by atoms with Crippen LogP contribution in [0.1, 0.15) is 290 Å². The van der Waals surface area contributed by atoms with Crippen LogP contribution in [0.3, 0.4) is 0 Å². The second kappa shape index (κ2) is 69.9. The number of imidazole rings is 1. The molecule has 2 rings (SSSR count). The summed E-state index contributed by atoms with van der Waals surface area (Å²) in [6.45, 7) is 10.5. The number of unbranched alkanes of at least 4 members (excludes halogenated alkanes) is 15. The fourth-order valence-electron chi connectivity index (χ4n) is 16.0. The zero-order chi connectivity index (χ0) is 100. The first kappa shape index (κ1) is 120. The average molecular weight is 1910 g/mol. The Kier molecular flexibility index (Phi) is 62.7. The maximum Gasteiger partial charge on any atom is 0.305 e. The number of Topliss-reactive ketones (excluding diaryl/α,β-unsaturated/α-hetero) is 6. The molecule has 0 spiro atoms. The van der Waals surface area contributed by atoms with Crippen molar-refractivity contribution in [2.45, 2.75) is 340 Å².